The molecular formula is C20H23N5O2. The van der Waals surface area contributed by atoms with E-state index in [0.29, 0.717) is 18.8 Å². The summed E-state index contributed by atoms with van der Waals surface area (Å²) < 4.78 is 3.32. The van der Waals surface area contributed by atoms with Gasteiger partial charge in [-0.3, -0.25) is 9.36 Å². The number of aromatic nitrogens is 4. The molecule has 140 valence electrons. The molecule has 0 aliphatic heterocycles. The van der Waals surface area contributed by atoms with Crippen molar-refractivity contribution < 1.29 is 4.79 Å². The van der Waals surface area contributed by atoms with E-state index in [1.165, 1.54) is 4.57 Å². The van der Waals surface area contributed by atoms with E-state index < -0.39 is 0 Å². The average molecular weight is 365 g/mol. The fourth-order valence-corrected chi connectivity index (χ4v) is 2.95. The fraction of sp³-hybridized carbons (Fsp3) is 0.300. The maximum Gasteiger partial charge on any atom is 0.347 e. The quantitative estimate of drug-likeness (QED) is 0.725. The summed E-state index contributed by atoms with van der Waals surface area (Å²) in [5, 5.41) is 7.23. The zero-order chi connectivity index (χ0) is 19.4. The van der Waals surface area contributed by atoms with Crippen LogP contribution in [0.25, 0.3) is 5.69 Å². The highest BCUT2D eigenvalue weighted by atomic mass is 16.2. The first-order valence-corrected chi connectivity index (χ1v) is 8.85. The number of para-hydroxylation sites is 1. The van der Waals surface area contributed by atoms with Crippen molar-refractivity contribution in [2.24, 2.45) is 0 Å². The molecule has 2 heterocycles. The summed E-state index contributed by atoms with van der Waals surface area (Å²) in [6.45, 7) is 6.36. The Bertz CT molecular complexity index is 1020. The Morgan fingerprint density at radius 3 is 2.70 bits per heavy atom. The highest BCUT2D eigenvalue weighted by Crippen LogP contribution is 2.13. The molecule has 1 N–H and O–H groups in total. The van der Waals surface area contributed by atoms with Crippen molar-refractivity contribution in [3.63, 3.8) is 0 Å². The molecule has 0 radical (unpaired) electrons. The van der Waals surface area contributed by atoms with Crippen molar-refractivity contribution in [3.05, 3.63) is 75.7 Å². The van der Waals surface area contributed by atoms with Gasteiger partial charge >= 0.3 is 5.69 Å². The Balaban J connectivity index is 1.56. The maximum atomic E-state index is 12.1. The van der Waals surface area contributed by atoms with Crippen LogP contribution < -0.4 is 11.0 Å². The summed E-state index contributed by atoms with van der Waals surface area (Å²) in [5.74, 6) is -0.120. The molecule has 7 nitrogen and oxygen atoms in total. The molecule has 7 heteroatoms. The number of nitrogens with zero attached hydrogens (tertiary/aromatic N) is 4. The van der Waals surface area contributed by atoms with Crippen LogP contribution in [0.4, 0.5) is 0 Å². The molecule has 0 bridgehead atoms. The lowest BCUT2D eigenvalue weighted by molar-refractivity contribution is -0.121. The minimum atomic E-state index is -0.320. The van der Waals surface area contributed by atoms with Gasteiger partial charge in [0.1, 0.15) is 0 Å². The highest BCUT2D eigenvalue weighted by Gasteiger charge is 2.08. The van der Waals surface area contributed by atoms with Gasteiger partial charge in [0.05, 0.1) is 11.9 Å². The van der Waals surface area contributed by atoms with Gasteiger partial charge in [0.15, 0.2) is 0 Å². The normalized spacial score (nSPS) is 10.8. The van der Waals surface area contributed by atoms with E-state index >= 15 is 0 Å². The molecule has 0 unspecified atom stereocenters. The van der Waals surface area contributed by atoms with Crippen molar-refractivity contribution in [2.45, 2.75) is 40.3 Å². The Morgan fingerprint density at radius 1 is 1.19 bits per heavy atom. The van der Waals surface area contributed by atoms with Crippen molar-refractivity contribution >= 4 is 5.91 Å². The number of benzene rings is 1. The van der Waals surface area contributed by atoms with Crippen LogP contribution in [-0.2, 0) is 17.9 Å². The van der Waals surface area contributed by atoms with E-state index in [-0.39, 0.29) is 18.0 Å². The molecule has 0 saturated heterocycles. The van der Waals surface area contributed by atoms with Gasteiger partial charge in [0.25, 0.3) is 0 Å². The fourth-order valence-electron chi connectivity index (χ4n) is 2.95. The molecule has 27 heavy (non-hydrogen) atoms. The van der Waals surface area contributed by atoms with Crippen LogP contribution >= 0.6 is 0 Å². The largest absolute Gasteiger partial charge is 0.352 e. The SMILES string of the molecule is Cc1cc(C)n(CCC(=O)NCc2cnn(-c3ccccc3C)c2)c(=O)n1. The third-order valence-corrected chi connectivity index (χ3v) is 4.40. The van der Waals surface area contributed by atoms with Gasteiger partial charge in [-0.2, -0.15) is 10.1 Å². The first-order valence-electron chi connectivity index (χ1n) is 8.85. The lowest BCUT2D eigenvalue weighted by Gasteiger charge is -2.09. The van der Waals surface area contributed by atoms with E-state index in [1.54, 1.807) is 17.8 Å². The molecule has 2 aromatic heterocycles. The lowest BCUT2D eigenvalue weighted by atomic mass is 10.2. The van der Waals surface area contributed by atoms with E-state index in [9.17, 15) is 9.59 Å². The Labute approximate surface area is 157 Å². The molecule has 0 saturated carbocycles. The van der Waals surface area contributed by atoms with Crippen molar-refractivity contribution in [1.29, 1.82) is 0 Å². The van der Waals surface area contributed by atoms with Crippen molar-refractivity contribution in [2.75, 3.05) is 0 Å². The van der Waals surface area contributed by atoms with Gasteiger partial charge in [-0.15, -0.1) is 0 Å². The first-order chi connectivity index (χ1) is 12.9. The zero-order valence-electron chi connectivity index (χ0n) is 15.8. The van der Waals surface area contributed by atoms with Crippen LogP contribution in [0.3, 0.4) is 0 Å². The van der Waals surface area contributed by atoms with E-state index in [4.69, 9.17) is 0 Å². The van der Waals surface area contributed by atoms with Crippen LogP contribution in [0.5, 0.6) is 0 Å². The van der Waals surface area contributed by atoms with Crippen molar-refractivity contribution in [3.8, 4) is 5.69 Å². The summed E-state index contributed by atoms with van der Waals surface area (Å²) in [5.41, 5.74) is 4.22. The van der Waals surface area contributed by atoms with Crippen LogP contribution in [0, 0.1) is 20.8 Å². The minimum absolute atomic E-state index is 0.120. The molecule has 0 aliphatic rings. The molecule has 3 rings (SSSR count). The van der Waals surface area contributed by atoms with Gasteiger partial charge in [-0.25, -0.2) is 9.48 Å². The van der Waals surface area contributed by atoms with Crippen LogP contribution in [0.2, 0.25) is 0 Å². The predicted octanol–water partition coefficient (Wildman–Crippen LogP) is 2.06. The van der Waals surface area contributed by atoms with Crippen molar-refractivity contribution in [1.82, 2.24) is 24.6 Å². The van der Waals surface area contributed by atoms with Crippen LogP contribution in [0.15, 0.2) is 47.5 Å². The summed E-state index contributed by atoms with van der Waals surface area (Å²) in [7, 11) is 0. The molecule has 1 aromatic carbocycles. The Hall–Kier alpha value is -3.22. The zero-order valence-corrected chi connectivity index (χ0v) is 15.8. The monoisotopic (exact) mass is 365 g/mol. The topological polar surface area (TPSA) is 81.8 Å². The van der Waals surface area contributed by atoms with E-state index in [2.05, 4.69) is 15.4 Å². The molecule has 0 spiro atoms. The second kappa shape index (κ2) is 7.99. The number of hydrogen-bond acceptors (Lipinski definition) is 4. The van der Waals surface area contributed by atoms with Crippen LogP contribution in [0.1, 0.15) is 28.9 Å². The number of carbonyl (C=O) groups is 1. The van der Waals surface area contributed by atoms with Gasteiger partial charge in [-0.1, -0.05) is 18.2 Å². The summed E-state index contributed by atoms with van der Waals surface area (Å²) in [6.07, 6.45) is 3.86. The van der Waals surface area contributed by atoms with E-state index in [0.717, 1.165) is 22.5 Å². The summed E-state index contributed by atoms with van der Waals surface area (Å²) in [6, 6.07) is 9.82. The minimum Gasteiger partial charge on any atom is -0.352 e. The average Bonchev–Trinajstić information content (AvgIpc) is 3.08. The second-order valence-corrected chi connectivity index (χ2v) is 6.58. The first kappa shape index (κ1) is 18.6. The number of amides is 1. The number of rotatable bonds is 6. The van der Waals surface area contributed by atoms with E-state index in [1.807, 2.05) is 50.4 Å². The van der Waals surface area contributed by atoms with Gasteiger partial charge in [0, 0.05) is 42.7 Å². The maximum absolute atomic E-state index is 12.1. The van der Waals surface area contributed by atoms with Crippen LogP contribution in [-0.4, -0.2) is 25.2 Å². The van der Waals surface area contributed by atoms with Gasteiger partial charge in [0.2, 0.25) is 5.91 Å². The van der Waals surface area contributed by atoms with Gasteiger partial charge in [-0.05, 0) is 38.5 Å². The molecule has 1 amide bonds. The Kier molecular flexibility index (Phi) is 5.49. The lowest BCUT2D eigenvalue weighted by Crippen LogP contribution is -2.29. The third-order valence-electron chi connectivity index (χ3n) is 4.40. The number of nitrogens with one attached hydrogen (secondary N) is 1. The molecule has 0 fully saturated rings. The molecule has 3 aromatic rings. The van der Waals surface area contributed by atoms with Gasteiger partial charge < -0.3 is 5.32 Å². The third kappa shape index (κ3) is 4.49. The number of aryl methyl sites for hydroxylation is 3. The number of hydrogen-bond donors (Lipinski definition) is 1. The Morgan fingerprint density at radius 2 is 1.96 bits per heavy atom. The summed E-state index contributed by atoms with van der Waals surface area (Å²) >= 11 is 0. The highest BCUT2D eigenvalue weighted by molar-refractivity contribution is 5.75. The smallest absolute Gasteiger partial charge is 0.347 e. The number of carbonyl (C=O) groups excluding carboxylic acids is 1. The standard InChI is InChI=1S/C20H23N5O2/c1-14-6-4-5-7-18(14)25-13-17(12-22-25)11-21-19(26)8-9-24-16(3)10-15(2)23-20(24)27/h4-7,10,12-13H,8-9,11H2,1-3H3,(H,21,26). The second-order valence-electron chi connectivity index (χ2n) is 6.58. The summed E-state index contributed by atoms with van der Waals surface area (Å²) in [4.78, 5) is 28.0. The molecule has 0 atom stereocenters. The predicted molar refractivity (Wildman–Crippen MR) is 103 cm³/mol. The molecule has 0 aliphatic carbocycles. The molecular weight excluding hydrogens is 342 g/mol.